The minimum Gasteiger partial charge on any atom is -0.395 e. The van der Waals surface area contributed by atoms with Gasteiger partial charge in [0.1, 0.15) is 5.84 Å². The van der Waals surface area contributed by atoms with Gasteiger partial charge in [-0.05, 0) is 6.42 Å². The van der Waals surface area contributed by atoms with Gasteiger partial charge >= 0.3 is 0 Å². The summed E-state index contributed by atoms with van der Waals surface area (Å²) in [7, 11) is 0. The van der Waals surface area contributed by atoms with E-state index < -0.39 is 0 Å². The summed E-state index contributed by atoms with van der Waals surface area (Å²) in [5.74, 6) is 0.206. The van der Waals surface area contributed by atoms with Crippen molar-refractivity contribution in [2.24, 2.45) is 5.73 Å². The molecule has 0 aliphatic carbocycles. The van der Waals surface area contributed by atoms with E-state index in [0.717, 1.165) is 6.42 Å². The van der Waals surface area contributed by atoms with Crippen LogP contribution in [0.15, 0.2) is 0 Å². The van der Waals surface area contributed by atoms with Gasteiger partial charge in [0.15, 0.2) is 0 Å². The van der Waals surface area contributed by atoms with E-state index in [1.54, 1.807) is 11.8 Å². The highest BCUT2D eigenvalue weighted by Gasteiger charge is 2.13. The zero-order valence-corrected chi connectivity index (χ0v) is 7.82. The van der Waals surface area contributed by atoms with Crippen molar-refractivity contribution in [2.45, 2.75) is 30.8 Å². The molecule has 0 aliphatic heterocycles. The molecule has 0 saturated heterocycles. The second kappa shape index (κ2) is 5.43. The Labute approximate surface area is 71.9 Å². The molecule has 3 nitrogen and oxygen atoms in total. The second-order valence-corrected chi connectivity index (χ2v) is 4.13. The van der Waals surface area contributed by atoms with Gasteiger partial charge in [-0.1, -0.05) is 13.8 Å². The molecule has 0 radical (unpaired) electrons. The van der Waals surface area contributed by atoms with Gasteiger partial charge in [0.2, 0.25) is 0 Å². The van der Waals surface area contributed by atoms with Crippen molar-refractivity contribution >= 4 is 17.6 Å². The summed E-state index contributed by atoms with van der Waals surface area (Å²) in [5, 5.41) is 16.2. The molecule has 0 fully saturated rings. The van der Waals surface area contributed by atoms with Gasteiger partial charge in [-0.3, -0.25) is 5.41 Å². The van der Waals surface area contributed by atoms with Crippen LogP contribution in [0.3, 0.4) is 0 Å². The Balaban J connectivity index is 3.77. The van der Waals surface area contributed by atoms with Crippen LogP contribution in [0.4, 0.5) is 0 Å². The molecule has 0 aromatic carbocycles. The van der Waals surface area contributed by atoms with E-state index in [9.17, 15) is 0 Å². The summed E-state index contributed by atoms with van der Waals surface area (Å²) < 4.78 is 0. The third-order valence-corrected chi connectivity index (χ3v) is 2.90. The van der Waals surface area contributed by atoms with Crippen molar-refractivity contribution in [1.82, 2.24) is 0 Å². The lowest BCUT2D eigenvalue weighted by atomic mass is 10.3. The topological polar surface area (TPSA) is 70.1 Å². The van der Waals surface area contributed by atoms with Gasteiger partial charge < -0.3 is 10.8 Å². The number of nitrogens with two attached hydrogens (primary N) is 1. The normalized spacial score (nSPS) is 15.9. The van der Waals surface area contributed by atoms with Crippen molar-refractivity contribution in [3.8, 4) is 0 Å². The Morgan fingerprint density at radius 1 is 1.73 bits per heavy atom. The molecule has 4 N–H and O–H groups in total. The van der Waals surface area contributed by atoms with Gasteiger partial charge in [0, 0.05) is 5.25 Å². The molecule has 11 heavy (non-hydrogen) atoms. The lowest BCUT2D eigenvalue weighted by molar-refractivity contribution is 0.300. The minimum absolute atomic E-state index is 0.0668. The number of aliphatic hydroxyl groups is 1. The molecule has 66 valence electrons. The molecule has 0 aliphatic rings. The van der Waals surface area contributed by atoms with Crippen LogP contribution in [0, 0.1) is 5.41 Å². The van der Waals surface area contributed by atoms with Crippen molar-refractivity contribution in [1.29, 1.82) is 5.41 Å². The number of hydrogen-bond acceptors (Lipinski definition) is 3. The first-order chi connectivity index (χ1) is 5.11. The van der Waals surface area contributed by atoms with Crippen LogP contribution in [-0.4, -0.2) is 28.0 Å². The van der Waals surface area contributed by atoms with E-state index >= 15 is 0 Å². The maximum Gasteiger partial charge on any atom is 0.104 e. The Morgan fingerprint density at radius 3 is 2.55 bits per heavy atom. The molecule has 0 bridgehead atoms. The van der Waals surface area contributed by atoms with Crippen LogP contribution in [0.2, 0.25) is 0 Å². The summed E-state index contributed by atoms with van der Waals surface area (Å²) in [5.41, 5.74) is 5.33. The first-order valence-electron chi connectivity index (χ1n) is 3.72. The maximum atomic E-state index is 8.73. The van der Waals surface area contributed by atoms with Gasteiger partial charge in [-0.2, -0.15) is 0 Å². The van der Waals surface area contributed by atoms with E-state index in [-0.39, 0.29) is 22.9 Å². The van der Waals surface area contributed by atoms with E-state index in [0.29, 0.717) is 0 Å². The molecule has 0 aromatic rings. The van der Waals surface area contributed by atoms with Crippen LogP contribution in [0.25, 0.3) is 0 Å². The molecule has 0 spiro atoms. The highest BCUT2D eigenvalue weighted by atomic mass is 32.2. The van der Waals surface area contributed by atoms with Crippen molar-refractivity contribution in [3.63, 3.8) is 0 Å². The quantitative estimate of drug-likeness (QED) is 0.429. The molecule has 4 heteroatoms. The largest absolute Gasteiger partial charge is 0.395 e. The summed E-state index contributed by atoms with van der Waals surface area (Å²) in [6.45, 7) is 4.06. The Morgan fingerprint density at radius 2 is 2.27 bits per heavy atom. The van der Waals surface area contributed by atoms with E-state index in [1.165, 1.54) is 0 Å². The Kier molecular flexibility index (Phi) is 5.32. The van der Waals surface area contributed by atoms with Crippen molar-refractivity contribution in [2.75, 3.05) is 6.61 Å². The number of aliphatic hydroxyl groups excluding tert-OH is 1. The first-order valence-corrected chi connectivity index (χ1v) is 4.66. The van der Waals surface area contributed by atoms with E-state index in [4.69, 9.17) is 16.2 Å². The standard InChI is InChI=1S/C7H16N2OS/c1-3-6(7(8)9)11-5(2)4-10/h5-6,10H,3-4H2,1-2H3,(H3,8,9). The van der Waals surface area contributed by atoms with Crippen LogP contribution < -0.4 is 5.73 Å². The van der Waals surface area contributed by atoms with Gasteiger partial charge in [0.25, 0.3) is 0 Å². The molecule has 0 saturated carbocycles. The third kappa shape index (κ3) is 4.27. The molecule has 2 atom stereocenters. The van der Waals surface area contributed by atoms with Crippen LogP contribution in [-0.2, 0) is 0 Å². The number of rotatable bonds is 5. The van der Waals surface area contributed by atoms with Gasteiger partial charge in [-0.25, -0.2) is 0 Å². The molecule has 0 heterocycles. The monoisotopic (exact) mass is 176 g/mol. The fraction of sp³-hybridized carbons (Fsp3) is 0.857. The fourth-order valence-electron chi connectivity index (χ4n) is 0.713. The predicted molar refractivity (Wildman–Crippen MR) is 50.1 cm³/mol. The smallest absolute Gasteiger partial charge is 0.104 e. The average molecular weight is 176 g/mol. The lowest BCUT2D eigenvalue weighted by Gasteiger charge is -2.16. The average Bonchev–Trinajstić information content (AvgIpc) is 1.99. The Bertz CT molecular complexity index is 130. The molecular weight excluding hydrogens is 160 g/mol. The van der Waals surface area contributed by atoms with E-state index in [1.807, 2.05) is 13.8 Å². The fourth-order valence-corrected chi connectivity index (χ4v) is 1.70. The molecule has 0 rings (SSSR count). The summed E-state index contributed by atoms with van der Waals surface area (Å²) in [6, 6.07) is 0. The number of thioether (sulfide) groups is 1. The SMILES string of the molecule is CCC(SC(C)CO)C(=N)N. The first kappa shape index (κ1) is 10.8. The second-order valence-electron chi connectivity index (χ2n) is 2.48. The zero-order valence-electron chi connectivity index (χ0n) is 7.00. The summed E-state index contributed by atoms with van der Waals surface area (Å²) >= 11 is 1.55. The number of amidine groups is 1. The van der Waals surface area contributed by atoms with E-state index in [2.05, 4.69) is 0 Å². The third-order valence-electron chi connectivity index (χ3n) is 1.37. The van der Waals surface area contributed by atoms with Crippen molar-refractivity contribution in [3.05, 3.63) is 0 Å². The van der Waals surface area contributed by atoms with Gasteiger partial charge in [0.05, 0.1) is 11.9 Å². The molecule has 2 unspecified atom stereocenters. The minimum atomic E-state index is 0.0668. The molecule has 0 aromatic heterocycles. The van der Waals surface area contributed by atoms with Gasteiger partial charge in [-0.15, -0.1) is 11.8 Å². The summed E-state index contributed by atoms with van der Waals surface area (Å²) in [6.07, 6.45) is 0.852. The molecule has 0 amide bonds. The van der Waals surface area contributed by atoms with Crippen LogP contribution in [0.5, 0.6) is 0 Å². The lowest BCUT2D eigenvalue weighted by Crippen LogP contribution is -2.26. The van der Waals surface area contributed by atoms with Crippen LogP contribution in [0.1, 0.15) is 20.3 Å². The van der Waals surface area contributed by atoms with Crippen molar-refractivity contribution < 1.29 is 5.11 Å². The highest BCUT2D eigenvalue weighted by Crippen LogP contribution is 2.19. The maximum absolute atomic E-state index is 8.73. The summed E-state index contributed by atoms with van der Waals surface area (Å²) in [4.78, 5) is 0. The predicted octanol–water partition coefficient (Wildman–Crippen LogP) is 0.815. The highest BCUT2D eigenvalue weighted by molar-refractivity contribution is 8.01. The molecular formula is C7H16N2OS. The number of hydrogen-bond donors (Lipinski definition) is 3. The van der Waals surface area contributed by atoms with Crippen LogP contribution >= 0.6 is 11.8 Å². The zero-order chi connectivity index (χ0) is 8.85. The Hall–Kier alpha value is -0.220. The number of nitrogens with one attached hydrogen (secondary N) is 1.